The number of amides is 4. The molecule has 0 spiro atoms. The molecule has 0 unspecified atom stereocenters. The van der Waals surface area contributed by atoms with Crippen LogP contribution in [-0.2, 0) is 16.2 Å². The third-order valence-electron chi connectivity index (χ3n) is 5.67. The monoisotopic (exact) mass is 464 g/mol. The summed E-state index contributed by atoms with van der Waals surface area (Å²) in [5, 5.41) is 13.5. The summed E-state index contributed by atoms with van der Waals surface area (Å²) >= 11 is 0. The number of nitrogens with zero attached hydrogens (tertiary/aromatic N) is 1. The molecule has 0 aromatic heterocycles. The van der Waals surface area contributed by atoms with Crippen LogP contribution < -0.4 is 15.0 Å². The molecule has 0 bridgehead atoms. The quantitative estimate of drug-likeness (QED) is 0.327. The highest BCUT2D eigenvalue weighted by molar-refractivity contribution is 6.39. The Morgan fingerprint density at radius 3 is 2.31 bits per heavy atom. The van der Waals surface area contributed by atoms with Crippen molar-refractivity contribution in [2.75, 3.05) is 4.90 Å². The molecule has 4 amide bonds. The van der Waals surface area contributed by atoms with Crippen molar-refractivity contribution < 1.29 is 24.2 Å². The molecule has 1 fully saturated rings. The van der Waals surface area contributed by atoms with E-state index in [-0.39, 0.29) is 17.0 Å². The van der Waals surface area contributed by atoms with Crippen molar-refractivity contribution in [3.8, 4) is 11.5 Å². The van der Waals surface area contributed by atoms with Gasteiger partial charge in [-0.2, -0.15) is 0 Å². The lowest BCUT2D eigenvalue weighted by Crippen LogP contribution is -2.54. The number of nitrogens with one attached hydrogen (secondary N) is 1. The number of imide groups is 2. The maximum atomic E-state index is 13.3. The number of hydrogen-bond acceptors (Lipinski definition) is 5. The highest BCUT2D eigenvalue weighted by Gasteiger charge is 2.37. The first-order valence-corrected chi connectivity index (χ1v) is 10.9. The third-order valence-corrected chi connectivity index (χ3v) is 5.67. The Hall–Kier alpha value is -4.91. The van der Waals surface area contributed by atoms with Crippen LogP contribution in [0, 0.1) is 0 Å². The fourth-order valence-corrected chi connectivity index (χ4v) is 3.92. The van der Waals surface area contributed by atoms with Gasteiger partial charge in [-0.15, -0.1) is 0 Å². The molecular formula is C28H20N2O5. The zero-order valence-electron chi connectivity index (χ0n) is 18.5. The first-order valence-electron chi connectivity index (χ1n) is 10.9. The van der Waals surface area contributed by atoms with Crippen molar-refractivity contribution in [2.24, 2.45) is 0 Å². The van der Waals surface area contributed by atoms with Crippen molar-refractivity contribution in [1.29, 1.82) is 0 Å². The van der Waals surface area contributed by atoms with Crippen LogP contribution in [0.15, 0.2) is 96.6 Å². The lowest BCUT2D eigenvalue weighted by Gasteiger charge is -2.26. The first kappa shape index (κ1) is 21.9. The molecule has 5 rings (SSSR count). The van der Waals surface area contributed by atoms with E-state index in [9.17, 15) is 19.5 Å². The molecule has 4 aromatic rings. The normalized spacial score (nSPS) is 14.9. The highest BCUT2D eigenvalue weighted by Crippen LogP contribution is 2.32. The fourth-order valence-electron chi connectivity index (χ4n) is 3.92. The molecule has 7 nitrogen and oxygen atoms in total. The lowest BCUT2D eigenvalue weighted by atomic mass is 9.99. The Morgan fingerprint density at radius 1 is 0.829 bits per heavy atom. The molecule has 0 atom stereocenters. The smallest absolute Gasteiger partial charge is 0.335 e. The molecule has 4 aromatic carbocycles. The average molecular weight is 464 g/mol. The van der Waals surface area contributed by atoms with Gasteiger partial charge < -0.3 is 9.84 Å². The molecule has 1 heterocycles. The van der Waals surface area contributed by atoms with Crippen LogP contribution in [0.2, 0.25) is 0 Å². The maximum Gasteiger partial charge on any atom is 0.335 e. The van der Waals surface area contributed by atoms with Gasteiger partial charge in [-0.1, -0.05) is 60.7 Å². The Bertz CT molecular complexity index is 1480. The van der Waals surface area contributed by atoms with Gasteiger partial charge >= 0.3 is 6.03 Å². The van der Waals surface area contributed by atoms with Crippen LogP contribution in [0.25, 0.3) is 16.8 Å². The van der Waals surface area contributed by atoms with Gasteiger partial charge in [0.2, 0.25) is 0 Å². The molecule has 0 aliphatic carbocycles. The van der Waals surface area contributed by atoms with Gasteiger partial charge in [-0.25, -0.2) is 9.69 Å². The van der Waals surface area contributed by atoms with E-state index >= 15 is 0 Å². The highest BCUT2D eigenvalue weighted by atomic mass is 16.5. The van der Waals surface area contributed by atoms with Gasteiger partial charge in [-0.3, -0.25) is 14.9 Å². The summed E-state index contributed by atoms with van der Waals surface area (Å²) in [5.41, 5.74) is 1.54. The van der Waals surface area contributed by atoms with Gasteiger partial charge in [0.1, 0.15) is 23.7 Å². The number of urea groups is 1. The van der Waals surface area contributed by atoms with Crippen LogP contribution in [0.3, 0.4) is 0 Å². The number of rotatable bonds is 5. The largest absolute Gasteiger partial charge is 0.508 e. The van der Waals surface area contributed by atoms with Crippen molar-refractivity contribution in [3.05, 3.63) is 108 Å². The summed E-state index contributed by atoms with van der Waals surface area (Å²) in [6.07, 6.45) is 1.46. The molecule has 2 N–H and O–H groups in total. The molecule has 0 radical (unpaired) electrons. The number of fused-ring (bicyclic) bond motifs is 1. The Kier molecular flexibility index (Phi) is 5.73. The standard InChI is InChI=1S/C28H20N2O5/c31-21-13-11-20(12-14-21)30-27(33)24(26(32)29-28(30)34)16-23-22-9-5-4-8-19(22)10-15-25(23)35-17-18-6-2-1-3-7-18/h1-16,31H,17H2,(H,29,32,34)/b24-16+. The van der Waals surface area contributed by atoms with Crippen molar-refractivity contribution in [1.82, 2.24) is 5.32 Å². The fraction of sp³-hybridized carbons (Fsp3) is 0.0357. The minimum atomic E-state index is -0.860. The molecule has 172 valence electrons. The second-order valence-corrected chi connectivity index (χ2v) is 7.95. The molecule has 35 heavy (non-hydrogen) atoms. The molecule has 7 heteroatoms. The van der Waals surface area contributed by atoms with Crippen LogP contribution in [0.1, 0.15) is 11.1 Å². The van der Waals surface area contributed by atoms with Crippen molar-refractivity contribution in [3.63, 3.8) is 0 Å². The topological polar surface area (TPSA) is 95.9 Å². The van der Waals surface area contributed by atoms with Crippen molar-refractivity contribution in [2.45, 2.75) is 6.61 Å². The van der Waals surface area contributed by atoms with Crippen LogP contribution >= 0.6 is 0 Å². The van der Waals surface area contributed by atoms with Gasteiger partial charge in [0.15, 0.2) is 0 Å². The minimum Gasteiger partial charge on any atom is -0.508 e. The van der Waals surface area contributed by atoms with E-state index in [0.29, 0.717) is 17.9 Å². The second kappa shape index (κ2) is 9.15. The number of carbonyl (C=O) groups excluding carboxylic acids is 3. The van der Waals surface area contributed by atoms with E-state index in [1.54, 1.807) is 6.07 Å². The first-order chi connectivity index (χ1) is 17.0. The summed E-state index contributed by atoms with van der Waals surface area (Å²) in [6.45, 7) is 0.299. The summed E-state index contributed by atoms with van der Waals surface area (Å²) in [6, 6.07) is 25.6. The molecule has 0 saturated carbocycles. The number of aromatic hydroxyl groups is 1. The van der Waals surface area contributed by atoms with Crippen LogP contribution in [-0.4, -0.2) is 23.0 Å². The molecular weight excluding hydrogens is 444 g/mol. The van der Waals surface area contributed by atoms with Gasteiger partial charge in [0.25, 0.3) is 11.8 Å². The predicted molar refractivity (Wildman–Crippen MR) is 132 cm³/mol. The predicted octanol–water partition coefficient (Wildman–Crippen LogP) is 4.79. The van der Waals surface area contributed by atoms with E-state index in [4.69, 9.17) is 4.74 Å². The third kappa shape index (κ3) is 4.35. The average Bonchev–Trinajstić information content (AvgIpc) is 2.87. The summed E-state index contributed by atoms with van der Waals surface area (Å²) < 4.78 is 6.09. The summed E-state index contributed by atoms with van der Waals surface area (Å²) in [7, 11) is 0. The summed E-state index contributed by atoms with van der Waals surface area (Å²) in [5.74, 6) is -1.08. The van der Waals surface area contributed by atoms with Gasteiger partial charge in [0.05, 0.1) is 5.69 Å². The number of anilines is 1. The molecule has 1 aliphatic heterocycles. The van der Waals surface area contributed by atoms with E-state index in [1.807, 2.05) is 60.7 Å². The second-order valence-electron chi connectivity index (χ2n) is 7.95. The SMILES string of the molecule is O=C1NC(=O)N(c2ccc(O)cc2)C(=O)/C1=C/c1c(OCc2ccccc2)ccc2ccccc12. The van der Waals surface area contributed by atoms with Gasteiger partial charge in [-0.05, 0) is 52.7 Å². The zero-order chi connectivity index (χ0) is 24.4. The number of phenolic OH excluding ortho intramolecular Hbond substituents is 1. The van der Waals surface area contributed by atoms with Crippen molar-refractivity contribution >= 4 is 40.4 Å². The number of hydrogen-bond donors (Lipinski definition) is 2. The van der Waals surface area contributed by atoms with E-state index < -0.39 is 17.8 Å². The van der Waals surface area contributed by atoms with Crippen LogP contribution in [0.4, 0.5) is 10.5 Å². The maximum absolute atomic E-state index is 13.3. The minimum absolute atomic E-state index is 0.0126. The summed E-state index contributed by atoms with van der Waals surface area (Å²) in [4.78, 5) is 39.4. The number of carbonyl (C=O) groups is 3. The van der Waals surface area contributed by atoms with E-state index in [0.717, 1.165) is 21.2 Å². The Balaban J connectivity index is 1.58. The van der Waals surface area contributed by atoms with E-state index in [2.05, 4.69) is 5.32 Å². The number of ether oxygens (including phenoxy) is 1. The molecule has 1 aliphatic rings. The van der Waals surface area contributed by atoms with E-state index in [1.165, 1.54) is 30.3 Å². The Labute approximate surface area is 200 Å². The lowest BCUT2D eigenvalue weighted by molar-refractivity contribution is -0.122. The Morgan fingerprint density at radius 2 is 1.54 bits per heavy atom. The number of benzene rings is 4. The van der Waals surface area contributed by atoms with Crippen LogP contribution in [0.5, 0.6) is 11.5 Å². The number of barbiturate groups is 1. The number of phenols is 1. The van der Waals surface area contributed by atoms with Gasteiger partial charge in [0, 0.05) is 5.56 Å². The molecule has 1 saturated heterocycles. The zero-order valence-corrected chi connectivity index (χ0v) is 18.5.